The molecule has 1 saturated heterocycles. The van der Waals surface area contributed by atoms with Crippen LogP contribution in [-0.2, 0) is 4.79 Å². The number of urea groups is 1. The molecule has 2 fully saturated rings. The molecule has 1 saturated carbocycles. The molecule has 3 N–H and O–H groups in total. The van der Waals surface area contributed by atoms with Crippen LogP contribution < -0.4 is 20.4 Å². The summed E-state index contributed by atoms with van der Waals surface area (Å²) in [6.45, 7) is 5.25. The molecule has 1 aliphatic heterocycles. The maximum absolute atomic E-state index is 12.2. The highest BCUT2D eigenvalue weighted by Crippen LogP contribution is 2.17. The van der Waals surface area contributed by atoms with Gasteiger partial charge in [-0.1, -0.05) is 19.3 Å². The van der Waals surface area contributed by atoms with Gasteiger partial charge in [0, 0.05) is 17.3 Å². The average molecular weight is 388 g/mol. The monoisotopic (exact) mass is 387 g/mol. The van der Waals surface area contributed by atoms with Crippen molar-refractivity contribution in [3.05, 3.63) is 29.8 Å². The summed E-state index contributed by atoms with van der Waals surface area (Å²) in [5, 5.41) is 5.39. The van der Waals surface area contributed by atoms with Crippen molar-refractivity contribution in [3.8, 4) is 0 Å². The largest absolute Gasteiger partial charge is 0.360 e. The highest BCUT2D eigenvalue weighted by atomic mass is 16.2. The molecule has 2 aliphatic rings. The number of Topliss-reactive ketones (excluding diaryl/α,β-unsaturated/α-hetero) is 1. The Morgan fingerprint density at radius 2 is 1.68 bits per heavy atom. The molecule has 7 heteroatoms. The van der Waals surface area contributed by atoms with Crippen molar-refractivity contribution in [2.75, 3.05) is 37.6 Å². The smallest absolute Gasteiger partial charge is 0.321 e. The number of benzene rings is 1. The Hall–Kier alpha value is -2.41. The third kappa shape index (κ3) is 5.79. The Balaban J connectivity index is 1.39. The fourth-order valence-corrected chi connectivity index (χ4v) is 4.03. The van der Waals surface area contributed by atoms with Crippen molar-refractivity contribution < 1.29 is 19.3 Å². The van der Waals surface area contributed by atoms with Crippen LogP contribution in [0.3, 0.4) is 0 Å². The van der Waals surface area contributed by atoms with Crippen LogP contribution in [0.1, 0.15) is 49.4 Å². The van der Waals surface area contributed by atoms with Crippen LogP contribution in [0.4, 0.5) is 10.5 Å². The first-order chi connectivity index (χ1) is 13.5. The highest BCUT2D eigenvalue weighted by Gasteiger charge is 2.24. The summed E-state index contributed by atoms with van der Waals surface area (Å²) in [4.78, 5) is 39.0. The minimum Gasteiger partial charge on any atom is -0.360 e. The Morgan fingerprint density at radius 3 is 2.29 bits per heavy atom. The zero-order chi connectivity index (χ0) is 19.9. The molecule has 0 unspecified atom stereocenters. The number of carbonyl (C=O) groups is 3. The minimum atomic E-state index is -0.361. The predicted molar refractivity (Wildman–Crippen MR) is 108 cm³/mol. The SMILES string of the molecule is CC(=O)c1ccc(N2CC[NH+](CC(=O)NC(=O)NC3CCCCC3)CC2)cc1. The van der Waals surface area contributed by atoms with Gasteiger partial charge < -0.3 is 15.1 Å². The van der Waals surface area contributed by atoms with E-state index in [2.05, 4.69) is 15.5 Å². The van der Waals surface area contributed by atoms with Crippen LogP contribution in [0.25, 0.3) is 0 Å². The van der Waals surface area contributed by atoms with Gasteiger partial charge in [0.05, 0.1) is 26.2 Å². The Morgan fingerprint density at radius 1 is 1.04 bits per heavy atom. The summed E-state index contributed by atoms with van der Waals surface area (Å²) in [5.74, 6) is -0.151. The zero-order valence-electron chi connectivity index (χ0n) is 16.6. The molecule has 28 heavy (non-hydrogen) atoms. The highest BCUT2D eigenvalue weighted by molar-refractivity contribution is 5.95. The van der Waals surface area contributed by atoms with Crippen molar-refractivity contribution in [2.45, 2.75) is 45.1 Å². The number of carbonyl (C=O) groups excluding carboxylic acids is 3. The first kappa shape index (κ1) is 20.3. The maximum Gasteiger partial charge on any atom is 0.321 e. The van der Waals surface area contributed by atoms with Gasteiger partial charge in [0.25, 0.3) is 5.91 Å². The van der Waals surface area contributed by atoms with E-state index in [9.17, 15) is 14.4 Å². The van der Waals surface area contributed by atoms with Crippen molar-refractivity contribution in [3.63, 3.8) is 0 Å². The lowest BCUT2D eigenvalue weighted by atomic mass is 9.96. The van der Waals surface area contributed by atoms with E-state index >= 15 is 0 Å². The second-order valence-electron chi connectivity index (χ2n) is 7.87. The number of ketones is 1. The molecular weight excluding hydrogens is 356 g/mol. The van der Waals surface area contributed by atoms with Gasteiger partial charge in [-0.25, -0.2) is 4.79 Å². The number of imide groups is 1. The first-order valence-electron chi connectivity index (χ1n) is 10.3. The van der Waals surface area contributed by atoms with E-state index in [1.54, 1.807) is 6.92 Å². The molecule has 1 aromatic rings. The fourth-order valence-electron chi connectivity index (χ4n) is 4.03. The molecule has 3 rings (SSSR count). The van der Waals surface area contributed by atoms with Gasteiger partial charge >= 0.3 is 6.03 Å². The van der Waals surface area contributed by atoms with E-state index in [-0.39, 0.29) is 23.8 Å². The molecule has 3 amide bonds. The Kier molecular flexibility index (Phi) is 7.03. The van der Waals surface area contributed by atoms with Gasteiger partial charge in [0.15, 0.2) is 12.3 Å². The quantitative estimate of drug-likeness (QED) is 0.651. The second kappa shape index (κ2) is 9.68. The topological polar surface area (TPSA) is 83.0 Å². The van der Waals surface area contributed by atoms with Crippen LogP contribution in [0.2, 0.25) is 0 Å². The lowest BCUT2D eigenvalue weighted by molar-refractivity contribution is -0.892. The Labute approximate surface area is 166 Å². The van der Waals surface area contributed by atoms with E-state index < -0.39 is 0 Å². The van der Waals surface area contributed by atoms with Crippen molar-refractivity contribution in [1.82, 2.24) is 10.6 Å². The predicted octanol–water partition coefficient (Wildman–Crippen LogP) is 0.753. The summed E-state index contributed by atoms with van der Waals surface area (Å²) >= 11 is 0. The molecule has 152 valence electrons. The Bertz CT molecular complexity index is 690. The van der Waals surface area contributed by atoms with Gasteiger partial charge in [-0.2, -0.15) is 0 Å². The molecule has 1 heterocycles. The molecular formula is C21H31N4O3+. The summed E-state index contributed by atoms with van der Waals surface area (Å²) in [6.07, 6.45) is 5.52. The number of rotatable bonds is 5. The first-order valence-corrected chi connectivity index (χ1v) is 10.3. The van der Waals surface area contributed by atoms with Gasteiger partial charge in [-0.15, -0.1) is 0 Å². The van der Waals surface area contributed by atoms with Crippen molar-refractivity contribution in [2.24, 2.45) is 0 Å². The van der Waals surface area contributed by atoms with E-state index in [1.807, 2.05) is 24.3 Å². The van der Waals surface area contributed by atoms with Gasteiger partial charge in [-0.05, 0) is 44.0 Å². The standard InChI is InChI=1S/C21H30N4O3/c1-16(26)17-7-9-19(10-8-17)25-13-11-24(12-14-25)15-20(27)23-21(28)22-18-5-3-2-4-6-18/h7-10,18H,2-6,11-15H2,1H3,(H2,22,23,27,28)/p+1. The number of piperazine rings is 1. The van der Waals surface area contributed by atoms with Gasteiger partial charge in [-0.3, -0.25) is 14.9 Å². The lowest BCUT2D eigenvalue weighted by Crippen LogP contribution is -3.16. The molecule has 0 aromatic heterocycles. The van der Waals surface area contributed by atoms with E-state index in [1.165, 1.54) is 11.3 Å². The number of quaternary nitrogens is 1. The number of amides is 3. The number of nitrogens with one attached hydrogen (secondary N) is 3. The van der Waals surface area contributed by atoms with Crippen molar-refractivity contribution >= 4 is 23.4 Å². The van der Waals surface area contributed by atoms with Crippen LogP contribution in [0, 0.1) is 0 Å². The van der Waals surface area contributed by atoms with Crippen LogP contribution in [0.5, 0.6) is 0 Å². The molecule has 0 radical (unpaired) electrons. The molecule has 0 spiro atoms. The molecule has 1 aliphatic carbocycles. The third-order valence-electron chi connectivity index (χ3n) is 5.71. The van der Waals surface area contributed by atoms with E-state index in [4.69, 9.17) is 0 Å². The van der Waals surface area contributed by atoms with E-state index in [0.717, 1.165) is 63.1 Å². The zero-order valence-corrected chi connectivity index (χ0v) is 16.6. The van der Waals surface area contributed by atoms with Crippen LogP contribution in [0.15, 0.2) is 24.3 Å². The minimum absolute atomic E-state index is 0.0688. The lowest BCUT2D eigenvalue weighted by Gasteiger charge is -2.33. The maximum atomic E-state index is 12.2. The van der Waals surface area contributed by atoms with Gasteiger partial charge in [0.2, 0.25) is 0 Å². The number of nitrogens with zero attached hydrogens (tertiary/aromatic N) is 1. The number of hydrogen-bond donors (Lipinski definition) is 3. The number of hydrogen-bond acceptors (Lipinski definition) is 4. The normalized spacial score (nSPS) is 18.5. The van der Waals surface area contributed by atoms with Crippen LogP contribution in [-0.4, -0.2) is 56.5 Å². The summed E-state index contributed by atoms with van der Waals surface area (Å²) in [6, 6.07) is 7.51. The molecule has 0 bridgehead atoms. The van der Waals surface area contributed by atoms with Gasteiger partial charge in [0.1, 0.15) is 0 Å². The van der Waals surface area contributed by atoms with E-state index in [0.29, 0.717) is 6.54 Å². The van der Waals surface area contributed by atoms with Crippen molar-refractivity contribution in [1.29, 1.82) is 0 Å². The van der Waals surface area contributed by atoms with Crippen LogP contribution >= 0.6 is 0 Å². The second-order valence-corrected chi connectivity index (χ2v) is 7.87. The molecule has 7 nitrogen and oxygen atoms in total. The average Bonchev–Trinajstić information content (AvgIpc) is 2.69. The third-order valence-corrected chi connectivity index (χ3v) is 5.71. The molecule has 0 atom stereocenters. The summed E-state index contributed by atoms with van der Waals surface area (Å²) in [7, 11) is 0. The molecule has 1 aromatic carbocycles. The summed E-state index contributed by atoms with van der Waals surface area (Å²) < 4.78 is 0. The fraction of sp³-hybridized carbons (Fsp3) is 0.571. The number of anilines is 1. The summed E-state index contributed by atoms with van der Waals surface area (Å²) in [5.41, 5.74) is 1.82.